The second kappa shape index (κ2) is 6.18. The van der Waals surface area contributed by atoms with Gasteiger partial charge in [0.25, 0.3) is 0 Å². The van der Waals surface area contributed by atoms with Gasteiger partial charge < -0.3 is 9.14 Å². The van der Waals surface area contributed by atoms with E-state index < -0.39 is 11.7 Å². The van der Waals surface area contributed by atoms with Gasteiger partial charge in [0.15, 0.2) is 0 Å². The van der Waals surface area contributed by atoms with Crippen LogP contribution in [-0.4, -0.2) is 9.38 Å². The molecular weight excluding hydrogens is 379 g/mol. The van der Waals surface area contributed by atoms with Gasteiger partial charge in [-0.3, -0.25) is 0 Å². The number of benzene rings is 1. The SMILES string of the molecule is N#Cc1c2ccc(Oc3ncc(C(F)(F)F)cc3Cl)cc2n2ccccc12. The monoisotopic (exact) mass is 387 g/mol. The molecule has 27 heavy (non-hydrogen) atoms. The minimum Gasteiger partial charge on any atom is -0.437 e. The van der Waals surface area contributed by atoms with Crippen LogP contribution in [0.3, 0.4) is 0 Å². The Morgan fingerprint density at radius 1 is 1.11 bits per heavy atom. The standard InChI is InChI=1S/C19H9ClF3N3O/c20-15-7-11(19(21,22)23)10-25-18(15)27-12-4-5-13-14(9-24)16-3-1-2-6-26(16)17(13)8-12/h1-8,10H. The van der Waals surface area contributed by atoms with E-state index in [0.29, 0.717) is 17.5 Å². The van der Waals surface area contributed by atoms with Gasteiger partial charge in [0.2, 0.25) is 5.88 Å². The maximum Gasteiger partial charge on any atom is 0.417 e. The fraction of sp³-hybridized carbons (Fsp3) is 0.0526. The molecule has 0 saturated heterocycles. The molecule has 1 aromatic carbocycles. The third-order valence-corrected chi connectivity index (χ3v) is 4.35. The second-order valence-corrected chi connectivity index (χ2v) is 6.14. The first-order valence-electron chi connectivity index (χ1n) is 7.72. The number of hydrogen-bond donors (Lipinski definition) is 0. The molecule has 0 saturated carbocycles. The summed E-state index contributed by atoms with van der Waals surface area (Å²) in [7, 11) is 0. The lowest BCUT2D eigenvalue weighted by Gasteiger charge is -2.10. The molecule has 0 bridgehead atoms. The predicted octanol–water partition coefficient (Wildman–Crippen LogP) is 5.82. The van der Waals surface area contributed by atoms with Crippen LogP contribution in [-0.2, 0) is 6.18 Å². The molecule has 0 atom stereocenters. The molecule has 4 rings (SSSR count). The summed E-state index contributed by atoms with van der Waals surface area (Å²) in [4.78, 5) is 3.67. The van der Waals surface area contributed by atoms with Crippen molar-refractivity contribution in [3.05, 3.63) is 71.0 Å². The van der Waals surface area contributed by atoms with Crippen molar-refractivity contribution in [2.75, 3.05) is 0 Å². The highest BCUT2D eigenvalue weighted by Crippen LogP contribution is 2.36. The smallest absolute Gasteiger partial charge is 0.417 e. The molecule has 0 aliphatic carbocycles. The molecule has 0 aliphatic rings. The zero-order chi connectivity index (χ0) is 19.2. The van der Waals surface area contributed by atoms with Crippen LogP contribution < -0.4 is 4.74 Å². The van der Waals surface area contributed by atoms with E-state index in [1.165, 1.54) is 0 Å². The van der Waals surface area contributed by atoms with Gasteiger partial charge in [0.1, 0.15) is 16.8 Å². The molecule has 0 amide bonds. The Balaban J connectivity index is 1.78. The Morgan fingerprint density at radius 2 is 1.93 bits per heavy atom. The number of rotatable bonds is 2. The van der Waals surface area contributed by atoms with E-state index in [4.69, 9.17) is 16.3 Å². The van der Waals surface area contributed by atoms with Crippen LogP contribution in [0.1, 0.15) is 11.1 Å². The van der Waals surface area contributed by atoms with E-state index in [9.17, 15) is 18.4 Å². The Morgan fingerprint density at radius 3 is 2.63 bits per heavy atom. The zero-order valence-electron chi connectivity index (χ0n) is 13.5. The number of nitrogens with zero attached hydrogens (tertiary/aromatic N) is 3. The van der Waals surface area contributed by atoms with Gasteiger partial charge in [0, 0.05) is 23.8 Å². The Labute approximate surface area is 156 Å². The van der Waals surface area contributed by atoms with E-state index in [-0.39, 0.29) is 10.9 Å². The highest BCUT2D eigenvalue weighted by Gasteiger charge is 2.31. The van der Waals surface area contributed by atoms with Crippen molar-refractivity contribution in [1.82, 2.24) is 9.38 Å². The number of alkyl halides is 3. The fourth-order valence-electron chi connectivity index (χ4n) is 2.87. The number of fused-ring (bicyclic) bond motifs is 3. The van der Waals surface area contributed by atoms with Gasteiger partial charge in [-0.05, 0) is 30.3 Å². The normalized spacial score (nSPS) is 11.7. The molecule has 8 heteroatoms. The van der Waals surface area contributed by atoms with Gasteiger partial charge in [-0.2, -0.15) is 18.4 Å². The molecule has 4 nitrogen and oxygen atoms in total. The third-order valence-electron chi connectivity index (χ3n) is 4.08. The van der Waals surface area contributed by atoms with E-state index in [2.05, 4.69) is 11.1 Å². The molecule has 0 aliphatic heterocycles. The Hall–Kier alpha value is -3.24. The summed E-state index contributed by atoms with van der Waals surface area (Å²) in [5.41, 5.74) is 1.05. The minimum atomic E-state index is -4.54. The summed E-state index contributed by atoms with van der Waals surface area (Å²) in [6.07, 6.45) is -2.06. The molecule has 0 unspecified atom stereocenters. The van der Waals surface area contributed by atoms with E-state index in [1.54, 1.807) is 18.2 Å². The predicted molar refractivity (Wildman–Crippen MR) is 93.9 cm³/mol. The van der Waals surface area contributed by atoms with Crippen molar-refractivity contribution < 1.29 is 17.9 Å². The van der Waals surface area contributed by atoms with Crippen molar-refractivity contribution >= 4 is 28.0 Å². The number of hydrogen-bond acceptors (Lipinski definition) is 3. The molecule has 3 aromatic heterocycles. The highest BCUT2D eigenvalue weighted by atomic mass is 35.5. The molecule has 0 N–H and O–H groups in total. The molecule has 3 heterocycles. The van der Waals surface area contributed by atoms with E-state index >= 15 is 0 Å². The van der Waals surface area contributed by atoms with E-state index in [0.717, 1.165) is 22.5 Å². The number of aromatic nitrogens is 2. The van der Waals surface area contributed by atoms with Crippen LogP contribution in [0, 0.1) is 11.3 Å². The van der Waals surface area contributed by atoms with Crippen LogP contribution in [0.15, 0.2) is 54.9 Å². The maximum atomic E-state index is 12.7. The van der Waals surface area contributed by atoms with Crippen molar-refractivity contribution in [2.45, 2.75) is 6.18 Å². The van der Waals surface area contributed by atoms with Gasteiger partial charge in [-0.25, -0.2) is 4.98 Å². The van der Waals surface area contributed by atoms with E-state index in [1.807, 2.05) is 28.8 Å². The van der Waals surface area contributed by atoms with Crippen LogP contribution in [0.2, 0.25) is 5.02 Å². The number of nitriles is 1. The summed E-state index contributed by atoms with van der Waals surface area (Å²) in [5, 5.41) is 9.93. The first-order chi connectivity index (χ1) is 12.9. The quantitative estimate of drug-likeness (QED) is 0.435. The fourth-order valence-corrected chi connectivity index (χ4v) is 3.07. The maximum absolute atomic E-state index is 12.7. The van der Waals surface area contributed by atoms with Crippen molar-refractivity contribution in [3.63, 3.8) is 0 Å². The van der Waals surface area contributed by atoms with Crippen LogP contribution in [0.5, 0.6) is 11.6 Å². The average Bonchev–Trinajstić information content (AvgIpc) is 2.95. The van der Waals surface area contributed by atoms with Crippen LogP contribution in [0.4, 0.5) is 13.2 Å². The lowest BCUT2D eigenvalue weighted by Crippen LogP contribution is -2.05. The van der Waals surface area contributed by atoms with Crippen molar-refractivity contribution in [3.8, 4) is 17.7 Å². The number of ether oxygens (including phenoxy) is 1. The molecule has 0 fully saturated rings. The van der Waals surface area contributed by atoms with Gasteiger partial charge in [-0.15, -0.1) is 0 Å². The first-order valence-corrected chi connectivity index (χ1v) is 8.10. The largest absolute Gasteiger partial charge is 0.437 e. The zero-order valence-corrected chi connectivity index (χ0v) is 14.2. The van der Waals surface area contributed by atoms with Crippen molar-refractivity contribution in [2.24, 2.45) is 0 Å². The molecule has 0 spiro atoms. The average molecular weight is 388 g/mol. The lowest BCUT2D eigenvalue weighted by atomic mass is 10.1. The molecule has 4 aromatic rings. The summed E-state index contributed by atoms with van der Waals surface area (Å²) in [6, 6.07) is 13.4. The van der Waals surface area contributed by atoms with Gasteiger partial charge >= 0.3 is 6.18 Å². The van der Waals surface area contributed by atoms with Crippen molar-refractivity contribution in [1.29, 1.82) is 5.26 Å². The molecular formula is C19H9ClF3N3O. The number of halogens is 4. The molecule has 134 valence electrons. The summed E-state index contributed by atoms with van der Waals surface area (Å²) >= 11 is 5.89. The van der Waals surface area contributed by atoms with Gasteiger partial charge in [-0.1, -0.05) is 17.7 Å². The van der Waals surface area contributed by atoms with Gasteiger partial charge in [0.05, 0.1) is 22.2 Å². The van der Waals surface area contributed by atoms with Crippen LogP contribution >= 0.6 is 11.6 Å². The summed E-state index contributed by atoms with van der Waals surface area (Å²) in [6.45, 7) is 0. The second-order valence-electron chi connectivity index (χ2n) is 5.73. The summed E-state index contributed by atoms with van der Waals surface area (Å²) in [5.74, 6) is 0.204. The Bertz CT molecular complexity index is 1220. The molecule has 0 radical (unpaired) electrons. The Kier molecular flexibility index (Phi) is 3.93. The number of pyridine rings is 2. The summed E-state index contributed by atoms with van der Waals surface area (Å²) < 4.78 is 45.6. The third kappa shape index (κ3) is 2.94. The lowest BCUT2D eigenvalue weighted by molar-refractivity contribution is -0.137. The minimum absolute atomic E-state index is 0.134. The highest BCUT2D eigenvalue weighted by molar-refractivity contribution is 6.31. The first kappa shape index (κ1) is 17.2. The van der Waals surface area contributed by atoms with Crippen LogP contribution in [0.25, 0.3) is 16.4 Å². The topological polar surface area (TPSA) is 50.3 Å².